The molecule has 2 nitrogen and oxygen atoms in total. The first-order valence-corrected chi connectivity index (χ1v) is 7.29. The number of hydrogen-bond acceptors (Lipinski definition) is 2. The zero-order chi connectivity index (χ0) is 15.0. The van der Waals surface area contributed by atoms with Crippen molar-refractivity contribution in [2.75, 3.05) is 0 Å². The van der Waals surface area contributed by atoms with Crippen molar-refractivity contribution in [3.63, 3.8) is 0 Å². The molecule has 0 aliphatic heterocycles. The first kappa shape index (κ1) is 13.6. The third-order valence-electron chi connectivity index (χ3n) is 4.70. The average molecular weight is 274 g/mol. The van der Waals surface area contributed by atoms with Gasteiger partial charge in [0.25, 0.3) is 0 Å². The molecule has 2 heteroatoms. The lowest BCUT2D eigenvalue weighted by Gasteiger charge is -2.28. The number of nitriles is 1. The van der Waals surface area contributed by atoms with Gasteiger partial charge in [-0.1, -0.05) is 38.1 Å². The number of benzene rings is 1. The van der Waals surface area contributed by atoms with Crippen molar-refractivity contribution >= 4 is 11.1 Å². The standard InChI is InChI=1S/C19H18N2/c1-4-19(3)16-8-6-5-7-15(16)13(2)18(19)17-11-14(12-20)9-10-21-17/h5-11H,4H2,1-3H3. The van der Waals surface area contributed by atoms with E-state index in [0.29, 0.717) is 5.56 Å². The maximum absolute atomic E-state index is 9.14. The van der Waals surface area contributed by atoms with Crippen LogP contribution in [-0.2, 0) is 5.41 Å². The highest BCUT2D eigenvalue weighted by atomic mass is 14.7. The Morgan fingerprint density at radius 2 is 2.00 bits per heavy atom. The van der Waals surface area contributed by atoms with Crippen molar-refractivity contribution in [3.05, 3.63) is 65.0 Å². The molecule has 0 saturated heterocycles. The minimum absolute atomic E-state index is 0.0399. The van der Waals surface area contributed by atoms with E-state index in [1.54, 1.807) is 12.3 Å². The van der Waals surface area contributed by atoms with Crippen molar-refractivity contribution in [1.29, 1.82) is 5.26 Å². The zero-order valence-corrected chi connectivity index (χ0v) is 12.6. The first-order valence-electron chi connectivity index (χ1n) is 7.29. The maximum Gasteiger partial charge on any atom is 0.0992 e. The van der Waals surface area contributed by atoms with Gasteiger partial charge in [-0.25, -0.2) is 0 Å². The van der Waals surface area contributed by atoms with Gasteiger partial charge in [-0.2, -0.15) is 5.26 Å². The maximum atomic E-state index is 9.14. The van der Waals surface area contributed by atoms with E-state index in [0.717, 1.165) is 12.1 Å². The molecule has 104 valence electrons. The molecule has 3 rings (SSSR count). The Kier molecular flexibility index (Phi) is 3.14. The molecule has 1 unspecified atom stereocenters. The van der Waals surface area contributed by atoms with Crippen LogP contribution in [0, 0.1) is 11.3 Å². The molecule has 2 aromatic rings. The molecule has 1 aromatic carbocycles. The summed E-state index contributed by atoms with van der Waals surface area (Å²) < 4.78 is 0. The van der Waals surface area contributed by atoms with Gasteiger partial charge in [-0.15, -0.1) is 0 Å². The molecule has 1 aromatic heterocycles. The van der Waals surface area contributed by atoms with Crippen molar-refractivity contribution in [2.45, 2.75) is 32.6 Å². The number of allylic oxidation sites excluding steroid dienone is 2. The van der Waals surface area contributed by atoms with E-state index in [1.807, 2.05) is 6.07 Å². The second kappa shape index (κ2) is 4.86. The Morgan fingerprint density at radius 3 is 2.71 bits per heavy atom. The second-order valence-electron chi connectivity index (χ2n) is 5.77. The minimum Gasteiger partial charge on any atom is -0.256 e. The highest BCUT2D eigenvalue weighted by Gasteiger charge is 2.39. The summed E-state index contributed by atoms with van der Waals surface area (Å²) in [5.41, 5.74) is 6.75. The number of pyridine rings is 1. The fourth-order valence-corrected chi connectivity index (χ4v) is 3.45. The van der Waals surface area contributed by atoms with E-state index in [1.165, 1.54) is 22.3 Å². The Labute approximate surface area is 125 Å². The smallest absolute Gasteiger partial charge is 0.0992 e. The Balaban J connectivity index is 2.27. The number of nitrogens with zero attached hydrogens (tertiary/aromatic N) is 2. The van der Waals surface area contributed by atoms with E-state index in [4.69, 9.17) is 5.26 Å². The van der Waals surface area contributed by atoms with E-state index >= 15 is 0 Å². The molecule has 0 spiro atoms. The fourth-order valence-electron chi connectivity index (χ4n) is 3.45. The Hall–Kier alpha value is -2.40. The molecular formula is C19H18N2. The Morgan fingerprint density at radius 1 is 1.24 bits per heavy atom. The van der Waals surface area contributed by atoms with E-state index < -0.39 is 0 Å². The van der Waals surface area contributed by atoms with Crippen LogP contribution in [0.5, 0.6) is 0 Å². The zero-order valence-electron chi connectivity index (χ0n) is 12.6. The van der Waals surface area contributed by atoms with Gasteiger partial charge >= 0.3 is 0 Å². The van der Waals surface area contributed by atoms with Crippen LogP contribution in [0.4, 0.5) is 0 Å². The summed E-state index contributed by atoms with van der Waals surface area (Å²) in [7, 11) is 0. The molecule has 0 saturated carbocycles. The number of fused-ring (bicyclic) bond motifs is 1. The van der Waals surface area contributed by atoms with Crippen molar-refractivity contribution in [3.8, 4) is 6.07 Å². The van der Waals surface area contributed by atoms with Gasteiger partial charge in [0.2, 0.25) is 0 Å². The van der Waals surface area contributed by atoms with Gasteiger partial charge in [0.15, 0.2) is 0 Å². The molecule has 0 N–H and O–H groups in total. The van der Waals surface area contributed by atoms with Gasteiger partial charge in [0.05, 0.1) is 17.3 Å². The lowest BCUT2D eigenvalue weighted by atomic mass is 9.75. The van der Waals surface area contributed by atoms with Gasteiger partial charge in [-0.05, 0) is 47.8 Å². The summed E-state index contributed by atoms with van der Waals surface area (Å²) in [6, 6.07) is 14.4. The Bertz CT molecular complexity index is 780. The lowest BCUT2D eigenvalue weighted by Crippen LogP contribution is -2.20. The molecule has 0 fully saturated rings. The summed E-state index contributed by atoms with van der Waals surface area (Å²) in [4.78, 5) is 4.54. The van der Waals surface area contributed by atoms with Gasteiger partial charge in [-0.3, -0.25) is 4.98 Å². The number of hydrogen-bond donors (Lipinski definition) is 0. The first-order chi connectivity index (χ1) is 10.1. The molecule has 21 heavy (non-hydrogen) atoms. The normalized spacial score (nSPS) is 20.3. The van der Waals surface area contributed by atoms with E-state index in [9.17, 15) is 0 Å². The molecule has 0 radical (unpaired) electrons. The second-order valence-corrected chi connectivity index (χ2v) is 5.77. The fraction of sp³-hybridized carbons (Fsp3) is 0.263. The van der Waals surface area contributed by atoms with Crippen molar-refractivity contribution in [2.24, 2.45) is 0 Å². The molecule has 1 aliphatic rings. The van der Waals surface area contributed by atoms with Gasteiger partial charge < -0.3 is 0 Å². The topological polar surface area (TPSA) is 36.7 Å². The van der Waals surface area contributed by atoms with Crippen LogP contribution in [0.25, 0.3) is 11.1 Å². The van der Waals surface area contributed by atoms with Gasteiger partial charge in [0.1, 0.15) is 0 Å². The average Bonchev–Trinajstić information content (AvgIpc) is 2.77. The van der Waals surface area contributed by atoms with Crippen molar-refractivity contribution in [1.82, 2.24) is 4.98 Å². The molecule has 1 atom stereocenters. The summed E-state index contributed by atoms with van der Waals surface area (Å²) in [6.45, 7) is 6.65. The molecule has 0 amide bonds. The lowest BCUT2D eigenvalue weighted by molar-refractivity contribution is 0.598. The highest BCUT2D eigenvalue weighted by Crippen LogP contribution is 2.52. The van der Waals surface area contributed by atoms with Crippen LogP contribution < -0.4 is 0 Å². The summed E-state index contributed by atoms with van der Waals surface area (Å²) in [6.07, 6.45) is 2.74. The monoisotopic (exact) mass is 274 g/mol. The number of aromatic nitrogens is 1. The van der Waals surface area contributed by atoms with E-state index in [-0.39, 0.29) is 5.41 Å². The van der Waals surface area contributed by atoms with Gasteiger partial charge in [0, 0.05) is 11.6 Å². The van der Waals surface area contributed by atoms with E-state index in [2.05, 4.69) is 56.1 Å². The number of rotatable bonds is 2. The van der Waals surface area contributed by atoms with Crippen LogP contribution in [0.2, 0.25) is 0 Å². The molecular weight excluding hydrogens is 256 g/mol. The molecule has 0 bridgehead atoms. The predicted octanol–water partition coefficient (Wildman–Crippen LogP) is 4.57. The summed E-state index contributed by atoms with van der Waals surface area (Å²) >= 11 is 0. The molecule has 1 aliphatic carbocycles. The predicted molar refractivity (Wildman–Crippen MR) is 85.5 cm³/mol. The highest BCUT2D eigenvalue weighted by molar-refractivity contribution is 6.00. The minimum atomic E-state index is -0.0399. The van der Waals surface area contributed by atoms with Crippen LogP contribution in [0.1, 0.15) is 49.6 Å². The third kappa shape index (κ3) is 1.89. The summed E-state index contributed by atoms with van der Waals surface area (Å²) in [5, 5.41) is 9.14. The van der Waals surface area contributed by atoms with Crippen molar-refractivity contribution < 1.29 is 0 Å². The summed E-state index contributed by atoms with van der Waals surface area (Å²) in [5.74, 6) is 0. The van der Waals surface area contributed by atoms with Crippen LogP contribution in [-0.4, -0.2) is 4.98 Å². The van der Waals surface area contributed by atoms with Crippen LogP contribution in [0.3, 0.4) is 0 Å². The molecule has 1 heterocycles. The SMILES string of the molecule is CCC1(C)C(c2cc(C#N)ccn2)=C(C)c2ccccc21. The van der Waals surface area contributed by atoms with Crippen LogP contribution in [0.15, 0.2) is 42.6 Å². The third-order valence-corrected chi connectivity index (χ3v) is 4.70. The largest absolute Gasteiger partial charge is 0.256 e. The van der Waals surface area contributed by atoms with Crippen LogP contribution >= 0.6 is 0 Å². The quantitative estimate of drug-likeness (QED) is 0.804.